The van der Waals surface area contributed by atoms with Crippen LogP contribution in [0.1, 0.15) is 239 Å². The number of unbranched alkanes of at least 4 members (excludes halogenated alkanes) is 31. The highest BCUT2D eigenvalue weighted by Gasteiger charge is 2.51. The molecule has 0 aromatic heterocycles. The second-order valence-corrected chi connectivity index (χ2v) is 19.4. The van der Waals surface area contributed by atoms with Gasteiger partial charge in [0.05, 0.1) is 6.61 Å². The van der Waals surface area contributed by atoms with Crippen molar-refractivity contribution in [2.75, 3.05) is 13.2 Å². The van der Waals surface area contributed by atoms with Crippen LogP contribution < -0.4 is 0 Å². The summed E-state index contributed by atoms with van der Waals surface area (Å²) in [5, 5.41) is 50.2. The SMILES string of the molecule is CCCCCCCCCCCCCCCCCCCCC(=O)OC[C@@H](COP(=O)(O)OC1C(O)C(O)C(O)[C@H](O)C1O)OC(=O)CCCCCCCCCCCCCCCCC. The summed E-state index contributed by atoms with van der Waals surface area (Å²) in [4.78, 5) is 35.8. The molecular weight excluding hydrogens is 815 g/mol. The van der Waals surface area contributed by atoms with Crippen molar-refractivity contribution in [1.29, 1.82) is 0 Å². The van der Waals surface area contributed by atoms with E-state index in [2.05, 4.69) is 13.8 Å². The van der Waals surface area contributed by atoms with Crippen LogP contribution in [0, 0.1) is 0 Å². The van der Waals surface area contributed by atoms with E-state index in [1.807, 2.05) is 0 Å². The Morgan fingerprint density at radius 1 is 0.435 bits per heavy atom. The molecule has 0 aliphatic heterocycles. The summed E-state index contributed by atoms with van der Waals surface area (Å²) in [5.41, 5.74) is 0. The van der Waals surface area contributed by atoms with Gasteiger partial charge in [0.15, 0.2) is 6.10 Å². The van der Waals surface area contributed by atoms with E-state index >= 15 is 0 Å². The molecule has 0 aromatic carbocycles. The van der Waals surface area contributed by atoms with Crippen LogP contribution in [0.25, 0.3) is 0 Å². The van der Waals surface area contributed by atoms with Crippen molar-refractivity contribution in [3.05, 3.63) is 0 Å². The number of carbonyl (C=O) groups excluding carboxylic acids is 2. The molecule has 6 N–H and O–H groups in total. The first-order valence-corrected chi connectivity index (χ1v) is 26.8. The molecule has 0 amide bonds. The van der Waals surface area contributed by atoms with Gasteiger partial charge in [-0.1, -0.05) is 213 Å². The van der Waals surface area contributed by atoms with Gasteiger partial charge in [-0.05, 0) is 12.8 Å². The number of aliphatic hydroxyl groups is 5. The molecule has 0 saturated heterocycles. The van der Waals surface area contributed by atoms with Gasteiger partial charge in [-0.3, -0.25) is 18.6 Å². The largest absolute Gasteiger partial charge is 0.472 e. The topological polar surface area (TPSA) is 210 Å². The summed E-state index contributed by atoms with van der Waals surface area (Å²) < 4.78 is 33.6. The highest BCUT2D eigenvalue weighted by molar-refractivity contribution is 7.47. The van der Waals surface area contributed by atoms with Gasteiger partial charge < -0.3 is 39.9 Å². The molecule has 13 nitrogen and oxygen atoms in total. The zero-order valence-corrected chi connectivity index (χ0v) is 40.1. The number of esters is 2. The van der Waals surface area contributed by atoms with Crippen molar-refractivity contribution in [2.24, 2.45) is 0 Å². The molecular formula is C48H93O13P. The average Bonchev–Trinajstić information content (AvgIpc) is 3.25. The van der Waals surface area contributed by atoms with Gasteiger partial charge in [0, 0.05) is 12.8 Å². The molecule has 1 rings (SSSR count). The number of carbonyl (C=O) groups is 2. The smallest absolute Gasteiger partial charge is 0.462 e. The van der Waals surface area contributed by atoms with E-state index in [1.54, 1.807) is 0 Å². The van der Waals surface area contributed by atoms with Gasteiger partial charge in [-0.15, -0.1) is 0 Å². The van der Waals surface area contributed by atoms with Gasteiger partial charge in [-0.25, -0.2) is 4.57 Å². The molecule has 14 heteroatoms. The second-order valence-electron chi connectivity index (χ2n) is 18.0. The molecule has 1 fully saturated rings. The Hall–Kier alpha value is -1.15. The lowest BCUT2D eigenvalue weighted by molar-refractivity contribution is -0.220. The van der Waals surface area contributed by atoms with Crippen molar-refractivity contribution >= 4 is 19.8 Å². The fourth-order valence-electron chi connectivity index (χ4n) is 8.11. The standard InChI is InChI=1S/C48H93O13P/c1-3-5-7-9-11-13-15-17-19-20-21-23-24-26-28-30-32-34-36-41(49)58-38-40(39-59-62(56,57)61-48-46(54)44(52)43(51)45(53)47(48)55)60-42(50)37-35-33-31-29-27-25-22-18-16-14-12-10-8-6-4-2/h40,43-48,51-55H,3-39H2,1-2H3,(H,56,57)/t40-,43?,44-,45?,46?,47?,48?/m0/s1. The molecule has 0 spiro atoms. The van der Waals surface area contributed by atoms with Crippen LogP contribution in [0.15, 0.2) is 0 Å². The third-order valence-electron chi connectivity index (χ3n) is 12.2. The van der Waals surface area contributed by atoms with Crippen LogP contribution in [0.4, 0.5) is 0 Å². The van der Waals surface area contributed by atoms with Gasteiger partial charge in [-0.2, -0.15) is 0 Å². The van der Waals surface area contributed by atoms with Crippen molar-refractivity contribution in [3.63, 3.8) is 0 Å². The summed E-state index contributed by atoms with van der Waals surface area (Å²) in [6, 6.07) is 0. The van der Waals surface area contributed by atoms with Gasteiger partial charge in [0.25, 0.3) is 0 Å². The Balaban J connectivity index is 2.39. The van der Waals surface area contributed by atoms with Crippen LogP contribution in [-0.2, 0) is 32.7 Å². The summed E-state index contributed by atoms with van der Waals surface area (Å²) in [6.07, 6.45) is 27.2. The van der Waals surface area contributed by atoms with Crippen molar-refractivity contribution in [3.8, 4) is 0 Å². The van der Waals surface area contributed by atoms with Crippen LogP contribution in [0.3, 0.4) is 0 Å². The monoisotopic (exact) mass is 909 g/mol. The first kappa shape index (κ1) is 58.9. The van der Waals surface area contributed by atoms with Gasteiger partial charge >= 0.3 is 19.8 Å². The van der Waals surface area contributed by atoms with Gasteiger partial charge in [0.1, 0.15) is 43.2 Å². The molecule has 6 unspecified atom stereocenters. The van der Waals surface area contributed by atoms with Gasteiger partial charge in [0.2, 0.25) is 0 Å². The highest BCUT2D eigenvalue weighted by atomic mass is 31.2. The Labute approximate surface area is 376 Å². The molecule has 368 valence electrons. The van der Waals surface area contributed by atoms with Crippen LogP contribution in [0.5, 0.6) is 0 Å². The van der Waals surface area contributed by atoms with E-state index in [1.165, 1.54) is 161 Å². The maximum absolute atomic E-state index is 12.8. The van der Waals surface area contributed by atoms with E-state index < -0.39 is 75.7 Å². The molecule has 1 aliphatic rings. The Morgan fingerprint density at radius 3 is 1.06 bits per heavy atom. The summed E-state index contributed by atoms with van der Waals surface area (Å²) in [7, 11) is -5.11. The number of phosphoric ester groups is 1. The molecule has 0 heterocycles. The Kier molecular flexibility index (Phi) is 37.1. The molecule has 8 atom stereocenters. The molecule has 1 saturated carbocycles. The van der Waals surface area contributed by atoms with Crippen molar-refractivity contribution < 1.29 is 63.1 Å². The summed E-state index contributed by atoms with van der Waals surface area (Å²) in [5.74, 6) is -1.08. The lowest BCUT2D eigenvalue weighted by atomic mass is 9.85. The number of aliphatic hydroxyl groups excluding tert-OH is 5. The van der Waals surface area contributed by atoms with E-state index in [0.717, 1.165) is 38.5 Å². The minimum atomic E-state index is -5.11. The van der Waals surface area contributed by atoms with Crippen LogP contribution in [0.2, 0.25) is 0 Å². The number of hydrogen-bond donors (Lipinski definition) is 6. The normalized spacial score (nSPS) is 21.7. The van der Waals surface area contributed by atoms with Crippen LogP contribution in [-0.4, -0.2) is 98.3 Å². The van der Waals surface area contributed by atoms with Crippen molar-refractivity contribution in [2.45, 2.75) is 281 Å². The van der Waals surface area contributed by atoms with E-state index in [4.69, 9.17) is 18.5 Å². The number of hydrogen-bond acceptors (Lipinski definition) is 12. The van der Waals surface area contributed by atoms with Crippen LogP contribution >= 0.6 is 7.82 Å². The third-order valence-corrected chi connectivity index (χ3v) is 13.2. The number of ether oxygens (including phenoxy) is 2. The second kappa shape index (κ2) is 39.1. The fraction of sp³-hybridized carbons (Fsp3) is 0.958. The highest BCUT2D eigenvalue weighted by Crippen LogP contribution is 2.47. The van der Waals surface area contributed by atoms with E-state index in [9.17, 15) is 44.6 Å². The number of rotatable bonds is 43. The minimum absolute atomic E-state index is 0.105. The zero-order valence-electron chi connectivity index (χ0n) is 39.2. The maximum atomic E-state index is 12.8. The minimum Gasteiger partial charge on any atom is -0.462 e. The lowest BCUT2D eigenvalue weighted by Crippen LogP contribution is -2.64. The predicted molar refractivity (Wildman–Crippen MR) is 244 cm³/mol. The summed E-state index contributed by atoms with van der Waals surface area (Å²) >= 11 is 0. The molecule has 62 heavy (non-hydrogen) atoms. The quantitative estimate of drug-likeness (QED) is 0.0191. The molecule has 0 radical (unpaired) electrons. The molecule has 0 bridgehead atoms. The summed E-state index contributed by atoms with van der Waals surface area (Å²) in [6.45, 7) is 3.34. The van der Waals surface area contributed by atoms with E-state index in [0.29, 0.717) is 12.8 Å². The average molecular weight is 909 g/mol. The Bertz CT molecular complexity index is 1100. The number of phosphoric acid groups is 1. The third kappa shape index (κ3) is 30.9. The first-order chi connectivity index (χ1) is 29.9. The Morgan fingerprint density at radius 2 is 0.726 bits per heavy atom. The predicted octanol–water partition coefficient (Wildman–Crippen LogP) is 10.5. The van der Waals surface area contributed by atoms with Crippen molar-refractivity contribution in [1.82, 2.24) is 0 Å². The van der Waals surface area contributed by atoms with E-state index in [-0.39, 0.29) is 12.8 Å². The molecule has 0 aromatic rings. The maximum Gasteiger partial charge on any atom is 0.472 e. The first-order valence-electron chi connectivity index (χ1n) is 25.3. The zero-order chi connectivity index (χ0) is 45.7. The fourth-order valence-corrected chi connectivity index (χ4v) is 9.09. The lowest BCUT2D eigenvalue weighted by Gasteiger charge is -2.41. The molecule has 1 aliphatic carbocycles.